The van der Waals surface area contributed by atoms with Gasteiger partial charge in [-0.3, -0.25) is 0 Å². The van der Waals surface area contributed by atoms with E-state index in [9.17, 15) is 0 Å². The third-order valence-corrected chi connectivity index (χ3v) is 1.05. The highest BCUT2D eigenvalue weighted by atomic mass is 14.8. The molecule has 1 atom stereocenters. The summed E-state index contributed by atoms with van der Waals surface area (Å²) < 4.78 is 7.36. The van der Waals surface area contributed by atoms with Crippen LogP contribution in [0.5, 0.6) is 0 Å². The van der Waals surface area contributed by atoms with Gasteiger partial charge in [-0.15, -0.1) is 6.58 Å². The lowest BCUT2D eigenvalue weighted by molar-refractivity contribution is 0.638. The first kappa shape index (κ1) is 6.81. The Hall–Kier alpha value is -0.300. The smallest absolute Gasteiger partial charge is 0.0446 e. The second kappa shape index (κ2) is 7.70. The molecule has 0 aliphatic rings. The summed E-state index contributed by atoms with van der Waals surface area (Å²) >= 11 is 0. The first-order valence-electron chi connectivity index (χ1n) is 4.08. The molecule has 9 heavy (non-hydrogen) atoms. The van der Waals surface area contributed by atoms with Crippen LogP contribution in [0.25, 0.3) is 0 Å². The van der Waals surface area contributed by atoms with Gasteiger partial charge in [-0.1, -0.05) is 25.8 Å². The molecule has 1 unspecified atom stereocenters. The van der Waals surface area contributed by atoms with Gasteiger partial charge in [0, 0.05) is 14.4 Å². The maximum absolute atomic E-state index is 7.36. The van der Waals surface area contributed by atoms with Gasteiger partial charge in [0.1, 0.15) is 0 Å². The normalized spacial score (nSPS) is 14.6. The van der Waals surface area contributed by atoms with Crippen LogP contribution in [0.1, 0.15) is 27.6 Å². The van der Waals surface area contributed by atoms with Gasteiger partial charge < -0.3 is 0 Å². The summed E-state index contributed by atoms with van der Waals surface area (Å²) in [4.78, 5) is 0. The standard InChI is InChI=1S/C8H16N/c1-3-5-6-8-9-7-4-2/h4H,2-3,5-8H2,1H3/i8D. The fourth-order valence-corrected chi connectivity index (χ4v) is 0.536. The SMILES string of the molecule is [2H]C(CCCC)[N]CC=C. The molecule has 0 spiro atoms. The Morgan fingerprint density at radius 3 is 3.00 bits per heavy atom. The van der Waals surface area contributed by atoms with Crippen LogP contribution in [-0.4, -0.2) is 13.1 Å². The maximum Gasteiger partial charge on any atom is 0.0446 e. The first-order chi connectivity index (χ1) is 4.81. The Morgan fingerprint density at radius 1 is 1.67 bits per heavy atom. The van der Waals surface area contributed by atoms with Crippen molar-refractivity contribution in [2.75, 3.05) is 13.1 Å². The largest absolute Gasteiger partial charge is 0.238 e. The van der Waals surface area contributed by atoms with E-state index in [1.807, 2.05) is 0 Å². The highest BCUT2D eigenvalue weighted by molar-refractivity contribution is 4.68. The van der Waals surface area contributed by atoms with Crippen LogP contribution >= 0.6 is 0 Å². The van der Waals surface area contributed by atoms with Crippen LogP contribution in [0.2, 0.25) is 0 Å². The van der Waals surface area contributed by atoms with Gasteiger partial charge in [-0.2, -0.15) is 0 Å². The molecule has 1 radical (unpaired) electrons. The molecule has 0 aromatic rings. The predicted octanol–water partition coefficient (Wildman–Crippen LogP) is 1.97. The van der Waals surface area contributed by atoms with E-state index in [1.165, 1.54) is 0 Å². The van der Waals surface area contributed by atoms with Crippen molar-refractivity contribution < 1.29 is 1.37 Å². The summed E-state index contributed by atoms with van der Waals surface area (Å²) in [5.41, 5.74) is 0. The van der Waals surface area contributed by atoms with E-state index >= 15 is 0 Å². The van der Waals surface area contributed by atoms with Crippen LogP contribution in [0, 0.1) is 0 Å². The molecular weight excluding hydrogens is 110 g/mol. The zero-order chi connectivity index (χ0) is 7.82. The summed E-state index contributed by atoms with van der Waals surface area (Å²) in [6.07, 6.45) is 4.88. The minimum Gasteiger partial charge on any atom is -0.238 e. The van der Waals surface area contributed by atoms with Gasteiger partial charge in [0.2, 0.25) is 0 Å². The zero-order valence-corrected chi connectivity index (χ0v) is 6.14. The zero-order valence-electron chi connectivity index (χ0n) is 7.14. The quantitative estimate of drug-likeness (QED) is 0.484. The van der Waals surface area contributed by atoms with E-state index in [1.54, 1.807) is 6.08 Å². The van der Waals surface area contributed by atoms with E-state index in [2.05, 4.69) is 18.8 Å². The van der Waals surface area contributed by atoms with Crippen LogP contribution in [0.3, 0.4) is 0 Å². The van der Waals surface area contributed by atoms with Gasteiger partial charge in [0.25, 0.3) is 0 Å². The molecule has 53 valence electrons. The van der Waals surface area contributed by atoms with Gasteiger partial charge in [-0.05, 0) is 6.42 Å². The molecule has 0 saturated carbocycles. The first-order valence-corrected chi connectivity index (χ1v) is 3.51. The van der Waals surface area contributed by atoms with Crippen molar-refractivity contribution >= 4 is 0 Å². The number of hydrogen-bond acceptors (Lipinski definition) is 0. The molecular formula is C8H16N. The summed E-state index contributed by atoms with van der Waals surface area (Å²) in [5.74, 6) is 0. The molecule has 0 bridgehead atoms. The molecule has 0 aromatic heterocycles. The van der Waals surface area contributed by atoms with Crippen LogP contribution in [0.4, 0.5) is 0 Å². The van der Waals surface area contributed by atoms with Gasteiger partial charge in [0.15, 0.2) is 0 Å². The Bertz CT molecular complexity index is 83.3. The second-order valence-electron chi connectivity index (χ2n) is 1.98. The minimum absolute atomic E-state index is 0.224. The number of nitrogens with zero attached hydrogens (tertiary/aromatic N) is 1. The maximum atomic E-state index is 7.36. The number of hydrogen-bond donors (Lipinski definition) is 0. The van der Waals surface area contributed by atoms with Crippen LogP contribution in [0.15, 0.2) is 12.7 Å². The Balaban J connectivity index is 3.07. The molecule has 1 nitrogen and oxygen atoms in total. The van der Waals surface area contributed by atoms with Crippen LogP contribution in [-0.2, 0) is 0 Å². The van der Waals surface area contributed by atoms with E-state index in [4.69, 9.17) is 1.37 Å². The highest BCUT2D eigenvalue weighted by Crippen LogP contribution is 1.90. The summed E-state index contributed by atoms with van der Waals surface area (Å²) in [7, 11) is 0. The Morgan fingerprint density at radius 2 is 2.44 bits per heavy atom. The Kier molecular flexibility index (Phi) is 5.83. The van der Waals surface area contributed by atoms with Crippen molar-refractivity contribution in [3.05, 3.63) is 12.7 Å². The molecule has 0 N–H and O–H groups in total. The summed E-state index contributed by atoms with van der Waals surface area (Å²) in [5, 5.41) is 4.03. The number of unbranched alkanes of at least 4 members (excludes halogenated alkanes) is 1. The van der Waals surface area contributed by atoms with E-state index in [-0.39, 0.29) is 6.52 Å². The molecule has 0 heterocycles. The summed E-state index contributed by atoms with van der Waals surface area (Å²) in [6.45, 7) is 6.06. The molecule has 0 aliphatic heterocycles. The van der Waals surface area contributed by atoms with Crippen molar-refractivity contribution in [3.63, 3.8) is 0 Å². The monoisotopic (exact) mass is 127 g/mol. The van der Waals surface area contributed by atoms with Crippen molar-refractivity contribution in [1.82, 2.24) is 5.32 Å². The molecule has 0 rings (SSSR count). The van der Waals surface area contributed by atoms with Crippen molar-refractivity contribution in [3.8, 4) is 0 Å². The van der Waals surface area contributed by atoms with Crippen molar-refractivity contribution in [2.24, 2.45) is 0 Å². The lowest BCUT2D eigenvalue weighted by atomic mass is 10.2. The molecule has 1 heteroatoms. The molecule has 0 amide bonds. The van der Waals surface area contributed by atoms with Crippen molar-refractivity contribution in [1.29, 1.82) is 0 Å². The predicted molar refractivity (Wildman–Crippen MR) is 41.6 cm³/mol. The number of rotatable bonds is 6. The third kappa shape index (κ3) is 7.70. The molecule has 0 saturated heterocycles. The fraction of sp³-hybridized carbons (Fsp3) is 0.750. The second-order valence-corrected chi connectivity index (χ2v) is 1.98. The van der Waals surface area contributed by atoms with E-state index in [0.29, 0.717) is 6.54 Å². The van der Waals surface area contributed by atoms with Crippen molar-refractivity contribution in [2.45, 2.75) is 26.2 Å². The van der Waals surface area contributed by atoms with Gasteiger partial charge >= 0.3 is 0 Å². The van der Waals surface area contributed by atoms with Crippen LogP contribution < -0.4 is 5.32 Å². The minimum atomic E-state index is -0.224. The highest BCUT2D eigenvalue weighted by Gasteiger charge is 1.83. The fourth-order valence-electron chi connectivity index (χ4n) is 0.536. The molecule has 0 aliphatic carbocycles. The topological polar surface area (TPSA) is 14.1 Å². The lowest BCUT2D eigenvalue weighted by Crippen LogP contribution is -2.05. The van der Waals surface area contributed by atoms with Gasteiger partial charge in [0.05, 0.1) is 0 Å². The molecule has 0 aromatic carbocycles. The molecule has 0 fully saturated rings. The average Bonchev–Trinajstić information content (AvgIpc) is 1.97. The lowest BCUT2D eigenvalue weighted by Gasteiger charge is -1.95. The van der Waals surface area contributed by atoms with Gasteiger partial charge in [-0.25, -0.2) is 5.32 Å². The van der Waals surface area contributed by atoms with E-state index < -0.39 is 0 Å². The average molecular weight is 127 g/mol. The third-order valence-electron chi connectivity index (χ3n) is 1.05. The van der Waals surface area contributed by atoms with E-state index in [0.717, 1.165) is 19.3 Å². The Labute approximate surface area is 59.6 Å². The summed E-state index contributed by atoms with van der Waals surface area (Å²) in [6, 6.07) is 0.